The molecule has 0 heterocycles. The molecule has 0 amide bonds. The molecule has 1 aromatic carbocycles. The van der Waals surface area contributed by atoms with Crippen LogP contribution >= 0.6 is 0 Å². The van der Waals surface area contributed by atoms with Crippen LogP contribution in [0.25, 0.3) is 6.08 Å². The second-order valence-corrected chi connectivity index (χ2v) is 4.41. The average Bonchev–Trinajstić information content (AvgIpc) is 2.42. The van der Waals surface area contributed by atoms with E-state index in [1.807, 2.05) is 42.5 Å². The third-order valence-corrected chi connectivity index (χ3v) is 2.69. The minimum absolute atomic E-state index is 0.337. The van der Waals surface area contributed by atoms with Crippen molar-refractivity contribution in [1.82, 2.24) is 0 Å². The summed E-state index contributed by atoms with van der Waals surface area (Å²) in [5.41, 5.74) is 1.04. The van der Waals surface area contributed by atoms with Crippen LogP contribution < -0.4 is 0 Å². The number of carbonyl (C=O) groups excluding carboxylic acids is 2. The highest BCUT2D eigenvalue weighted by atomic mass is 16.5. The lowest BCUT2D eigenvalue weighted by atomic mass is 10.1. The summed E-state index contributed by atoms with van der Waals surface area (Å²) in [6.07, 6.45) is 6.12. The van der Waals surface area contributed by atoms with Gasteiger partial charge in [0.15, 0.2) is 0 Å². The summed E-state index contributed by atoms with van der Waals surface area (Å²) in [4.78, 5) is 22.3. The number of unbranched alkanes of at least 4 members (excludes halogenated alkanes) is 1. The zero-order chi connectivity index (χ0) is 14.1. The Morgan fingerprint density at radius 1 is 1.26 bits per heavy atom. The minimum atomic E-state index is -0.765. The molecule has 0 aliphatic heterocycles. The second-order valence-electron chi connectivity index (χ2n) is 4.41. The molecule has 0 aliphatic rings. The number of Topliss-reactive ketones (excluding diaryl/α,β-unsaturated/α-hetero) is 1. The Kier molecular flexibility index (Phi) is 6.58. The molecule has 0 aromatic heterocycles. The quantitative estimate of drug-likeness (QED) is 0.557. The Morgan fingerprint density at radius 3 is 2.53 bits per heavy atom. The van der Waals surface area contributed by atoms with Gasteiger partial charge in [0.25, 0.3) is 0 Å². The molecule has 0 aliphatic carbocycles. The van der Waals surface area contributed by atoms with Gasteiger partial charge in [0.1, 0.15) is 6.10 Å². The Labute approximate surface area is 114 Å². The molecule has 0 radical (unpaired) electrons. The van der Waals surface area contributed by atoms with Crippen molar-refractivity contribution in [2.45, 2.75) is 39.2 Å². The highest BCUT2D eigenvalue weighted by Crippen LogP contribution is 2.10. The van der Waals surface area contributed by atoms with E-state index in [9.17, 15) is 9.59 Å². The number of ketones is 1. The first-order valence-electron chi connectivity index (χ1n) is 6.58. The Bertz CT molecular complexity index is 435. The molecule has 102 valence electrons. The summed E-state index contributed by atoms with van der Waals surface area (Å²) in [6, 6.07) is 9.78. The van der Waals surface area contributed by atoms with Crippen molar-refractivity contribution in [2.75, 3.05) is 0 Å². The van der Waals surface area contributed by atoms with Crippen molar-refractivity contribution in [1.29, 1.82) is 0 Å². The van der Waals surface area contributed by atoms with E-state index >= 15 is 0 Å². The molecule has 0 bridgehead atoms. The third-order valence-electron chi connectivity index (χ3n) is 2.69. The van der Waals surface area contributed by atoms with Crippen LogP contribution in [0.3, 0.4) is 0 Å². The monoisotopic (exact) mass is 260 g/mol. The maximum absolute atomic E-state index is 11.3. The van der Waals surface area contributed by atoms with E-state index in [1.165, 1.54) is 6.92 Å². The van der Waals surface area contributed by atoms with Gasteiger partial charge in [0.05, 0.1) is 0 Å². The van der Waals surface area contributed by atoms with E-state index in [1.54, 1.807) is 0 Å². The van der Waals surface area contributed by atoms with Gasteiger partial charge in [0.2, 0.25) is 5.78 Å². The molecule has 0 fully saturated rings. The van der Waals surface area contributed by atoms with Gasteiger partial charge in [-0.1, -0.05) is 49.8 Å². The van der Waals surface area contributed by atoms with Crippen molar-refractivity contribution in [3.63, 3.8) is 0 Å². The van der Waals surface area contributed by atoms with E-state index < -0.39 is 11.8 Å². The highest BCUT2D eigenvalue weighted by molar-refractivity contribution is 6.32. The maximum atomic E-state index is 11.3. The molecule has 0 N–H and O–H groups in total. The molecular weight excluding hydrogens is 240 g/mol. The van der Waals surface area contributed by atoms with E-state index in [2.05, 4.69) is 6.92 Å². The zero-order valence-electron chi connectivity index (χ0n) is 11.5. The number of ether oxygens (including phenoxy) is 1. The summed E-state index contributed by atoms with van der Waals surface area (Å²) >= 11 is 0. The van der Waals surface area contributed by atoms with Crippen molar-refractivity contribution in [3.05, 3.63) is 42.0 Å². The lowest BCUT2D eigenvalue weighted by molar-refractivity contribution is -0.155. The Hall–Kier alpha value is -1.90. The highest BCUT2D eigenvalue weighted by Gasteiger charge is 2.14. The maximum Gasteiger partial charge on any atom is 0.374 e. The number of rotatable bonds is 7. The topological polar surface area (TPSA) is 43.4 Å². The number of esters is 1. The van der Waals surface area contributed by atoms with Crippen LogP contribution in [0.4, 0.5) is 0 Å². The van der Waals surface area contributed by atoms with Crippen LogP contribution in [0.1, 0.15) is 38.7 Å². The molecule has 19 heavy (non-hydrogen) atoms. The van der Waals surface area contributed by atoms with Gasteiger partial charge >= 0.3 is 5.97 Å². The lowest BCUT2D eigenvalue weighted by Crippen LogP contribution is -2.21. The van der Waals surface area contributed by atoms with Gasteiger partial charge < -0.3 is 4.74 Å². The first-order valence-corrected chi connectivity index (χ1v) is 6.58. The third kappa shape index (κ3) is 6.00. The first kappa shape index (κ1) is 15.2. The van der Waals surface area contributed by atoms with E-state index in [4.69, 9.17) is 4.74 Å². The summed E-state index contributed by atoms with van der Waals surface area (Å²) in [5.74, 6) is -1.33. The standard InChI is InChI=1S/C16H20O3/c1-3-4-10-15(19-16(18)13(2)17)12-11-14-8-6-5-7-9-14/h5-9,11-12,15H,3-4,10H2,1-2H3. The van der Waals surface area contributed by atoms with Crippen LogP contribution in [-0.2, 0) is 14.3 Å². The van der Waals surface area contributed by atoms with Crippen molar-refractivity contribution < 1.29 is 14.3 Å². The first-order chi connectivity index (χ1) is 9.13. The number of hydrogen-bond donors (Lipinski definition) is 0. The van der Waals surface area contributed by atoms with Gasteiger partial charge in [0, 0.05) is 6.92 Å². The molecule has 1 unspecified atom stereocenters. The van der Waals surface area contributed by atoms with E-state index in [0.717, 1.165) is 24.8 Å². The smallest absolute Gasteiger partial charge is 0.374 e. The summed E-state index contributed by atoms with van der Waals surface area (Å²) in [6.45, 7) is 3.30. The van der Waals surface area contributed by atoms with Crippen molar-refractivity contribution >= 4 is 17.8 Å². The molecule has 1 rings (SSSR count). The predicted molar refractivity (Wildman–Crippen MR) is 75.6 cm³/mol. The van der Waals surface area contributed by atoms with Crippen LogP contribution in [-0.4, -0.2) is 17.9 Å². The largest absolute Gasteiger partial charge is 0.452 e. The lowest BCUT2D eigenvalue weighted by Gasteiger charge is -2.12. The van der Waals surface area contributed by atoms with Crippen molar-refractivity contribution in [2.24, 2.45) is 0 Å². The Balaban J connectivity index is 2.66. The fourth-order valence-corrected chi connectivity index (χ4v) is 1.60. The predicted octanol–water partition coefficient (Wildman–Crippen LogP) is 3.39. The summed E-state index contributed by atoms with van der Waals surface area (Å²) in [7, 11) is 0. The Morgan fingerprint density at radius 2 is 1.95 bits per heavy atom. The SMILES string of the molecule is CCCCC(C=Cc1ccccc1)OC(=O)C(C)=O. The fourth-order valence-electron chi connectivity index (χ4n) is 1.60. The molecule has 1 aromatic rings. The normalized spacial score (nSPS) is 12.3. The van der Waals surface area contributed by atoms with Gasteiger partial charge in [-0.15, -0.1) is 0 Å². The van der Waals surface area contributed by atoms with Gasteiger partial charge in [-0.2, -0.15) is 0 Å². The fraction of sp³-hybridized carbons (Fsp3) is 0.375. The molecule has 0 saturated heterocycles. The number of carbonyl (C=O) groups is 2. The number of benzene rings is 1. The van der Waals surface area contributed by atoms with Gasteiger partial charge in [-0.3, -0.25) is 4.79 Å². The molecule has 1 atom stereocenters. The molecule has 0 spiro atoms. The van der Waals surface area contributed by atoms with Crippen molar-refractivity contribution in [3.8, 4) is 0 Å². The van der Waals surface area contributed by atoms with Crippen LogP contribution in [0, 0.1) is 0 Å². The average molecular weight is 260 g/mol. The van der Waals surface area contributed by atoms with Gasteiger partial charge in [-0.05, 0) is 24.5 Å². The van der Waals surface area contributed by atoms with E-state index in [0.29, 0.717) is 0 Å². The van der Waals surface area contributed by atoms with Crippen LogP contribution in [0.5, 0.6) is 0 Å². The van der Waals surface area contributed by atoms with E-state index in [-0.39, 0.29) is 6.10 Å². The molecule has 3 heteroatoms. The minimum Gasteiger partial charge on any atom is -0.452 e. The number of hydrogen-bond acceptors (Lipinski definition) is 3. The molecule has 3 nitrogen and oxygen atoms in total. The molecular formula is C16H20O3. The zero-order valence-corrected chi connectivity index (χ0v) is 11.5. The second kappa shape index (κ2) is 8.25. The summed E-state index contributed by atoms with van der Waals surface area (Å²) < 4.78 is 5.16. The summed E-state index contributed by atoms with van der Waals surface area (Å²) in [5, 5.41) is 0. The van der Waals surface area contributed by atoms with Crippen LogP contribution in [0.15, 0.2) is 36.4 Å². The van der Waals surface area contributed by atoms with Crippen LogP contribution in [0.2, 0.25) is 0 Å². The van der Waals surface area contributed by atoms with Gasteiger partial charge in [-0.25, -0.2) is 4.79 Å². The molecule has 0 saturated carbocycles.